The van der Waals surface area contributed by atoms with Crippen LogP contribution in [0.1, 0.15) is 12.8 Å². The number of nitrogen functional groups attached to an aromatic ring is 1. The zero-order valence-corrected chi connectivity index (χ0v) is 11.4. The maximum Gasteiger partial charge on any atom is 0.144 e. The first kappa shape index (κ1) is 15.0. The smallest absolute Gasteiger partial charge is 0.144 e. The molecule has 6 heteroatoms. The summed E-state index contributed by atoms with van der Waals surface area (Å²) >= 11 is 5.98. The molecule has 1 rings (SSSR count). The van der Waals surface area contributed by atoms with E-state index in [-0.39, 0.29) is 0 Å². The van der Waals surface area contributed by atoms with Crippen molar-refractivity contribution in [1.82, 2.24) is 4.98 Å². The minimum Gasteiger partial charge on any atom is -0.397 e. The Balaban J connectivity index is 2.07. The molecule has 1 heterocycles. The number of methoxy groups -OCH3 is 1. The standard InChI is InChI=1S/C12H20ClN3O2/c1-17-6-7-18-5-3-2-4-15-12-11(13)8-10(14)9-16-12/h8-9H,2-7,14H2,1H3,(H,15,16). The highest BCUT2D eigenvalue weighted by Gasteiger charge is 2.01. The summed E-state index contributed by atoms with van der Waals surface area (Å²) in [7, 11) is 1.66. The summed E-state index contributed by atoms with van der Waals surface area (Å²) in [4.78, 5) is 4.12. The van der Waals surface area contributed by atoms with E-state index in [2.05, 4.69) is 10.3 Å². The molecule has 0 spiro atoms. The van der Waals surface area contributed by atoms with Crippen LogP contribution in [0.3, 0.4) is 0 Å². The lowest BCUT2D eigenvalue weighted by Gasteiger charge is -2.08. The normalized spacial score (nSPS) is 10.6. The Morgan fingerprint density at radius 2 is 2.17 bits per heavy atom. The van der Waals surface area contributed by atoms with Crippen LogP contribution in [-0.4, -0.2) is 38.5 Å². The molecule has 3 N–H and O–H groups in total. The van der Waals surface area contributed by atoms with Gasteiger partial charge in [-0.2, -0.15) is 0 Å². The number of unbranched alkanes of at least 4 members (excludes halogenated alkanes) is 1. The van der Waals surface area contributed by atoms with E-state index in [1.807, 2.05) is 0 Å². The molecule has 1 aromatic rings. The van der Waals surface area contributed by atoms with E-state index in [1.165, 1.54) is 0 Å². The Bertz CT molecular complexity index is 350. The van der Waals surface area contributed by atoms with Crippen LogP contribution in [0.4, 0.5) is 11.5 Å². The van der Waals surface area contributed by atoms with E-state index < -0.39 is 0 Å². The van der Waals surface area contributed by atoms with Gasteiger partial charge in [0.25, 0.3) is 0 Å². The summed E-state index contributed by atoms with van der Waals surface area (Å²) in [6.45, 7) is 2.84. The van der Waals surface area contributed by atoms with Gasteiger partial charge >= 0.3 is 0 Å². The summed E-state index contributed by atoms with van der Waals surface area (Å²) < 4.78 is 10.2. The molecule has 5 nitrogen and oxygen atoms in total. The van der Waals surface area contributed by atoms with Crippen molar-refractivity contribution in [3.8, 4) is 0 Å². The molecule has 102 valence electrons. The van der Waals surface area contributed by atoms with Crippen molar-refractivity contribution in [2.45, 2.75) is 12.8 Å². The number of anilines is 2. The van der Waals surface area contributed by atoms with Gasteiger partial charge in [0.15, 0.2) is 0 Å². The quantitative estimate of drug-likeness (QED) is 0.675. The highest BCUT2D eigenvalue weighted by molar-refractivity contribution is 6.33. The minimum absolute atomic E-state index is 0.548. The summed E-state index contributed by atoms with van der Waals surface area (Å²) in [5.41, 5.74) is 6.13. The molecular weight excluding hydrogens is 254 g/mol. The molecule has 0 aliphatic carbocycles. The van der Waals surface area contributed by atoms with Crippen molar-refractivity contribution in [2.24, 2.45) is 0 Å². The van der Waals surface area contributed by atoms with Crippen molar-refractivity contribution in [3.63, 3.8) is 0 Å². The molecule has 0 aromatic carbocycles. The largest absolute Gasteiger partial charge is 0.397 e. The molecule has 18 heavy (non-hydrogen) atoms. The zero-order chi connectivity index (χ0) is 13.2. The third-order valence-corrected chi connectivity index (χ3v) is 2.59. The van der Waals surface area contributed by atoms with Gasteiger partial charge in [0.1, 0.15) is 5.82 Å². The predicted molar refractivity (Wildman–Crippen MR) is 74.1 cm³/mol. The van der Waals surface area contributed by atoms with Gasteiger partial charge in [-0.15, -0.1) is 0 Å². The highest BCUT2D eigenvalue weighted by Crippen LogP contribution is 2.20. The first-order chi connectivity index (χ1) is 8.74. The summed E-state index contributed by atoms with van der Waals surface area (Å²) in [6, 6.07) is 1.69. The van der Waals surface area contributed by atoms with Crippen molar-refractivity contribution < 1.29 is 9.47 Å². The van der Waals surface area contributed by atoms with E-state index in [9.17, 15) is 0 Å². The second kappa shape index (κ2) is 8.97. The Morgan fingerprint density at radius 1 is 1.33 bits per heavy atom. The molecule has 0 saturated carbocycles. The average Bonchev–Trinajstić information content (AvgIpc) is 2.35. The zero-order valence-electron chi connectivity index (χ0n) is 10.6. The number of aromatic nitrogens is 1. The Kier molecular flexibility index (Phi) is 7.48. The highest BCUT2D eigenvalue weighted by atomic mass is 35.5. The van der Waals surface area contributed by atoms with Crippen LogP contribution in [0.2, 0.25) is 5.02 Å². The molecule has 0 aliphatic rings. The van der Waals surface area contributed by atoms with Crippen LogP contribution >= 0.6 is 11.6 Å². The predicted octanol–water partition coefficient (Wildman–Crippen LogP) is 2.17. The Labute approximate surface area is 113 Å². The van der Waals surface area contributed by atoms with E-state index >= 15 is 0 Å². The van der Waals surface area contributed by atoms with Crippen LogP contribution in [0.15, 0.2) is 12.3 Å². The van der Waals surface area contributed by atoms with Gasteiger partial charge in [0, 0.05) is 20.3 Å². The molecule has 0 amide bonds. The number of nitrogens with two attached hydrogens (primary N) is 1. The van der Waals surface area contributed by atoms with Gasteiger partial charge in [-0.05, 0) is 18.9 Å². The fraction of sp³-hybridized carbons (Fsp3) is 0.583. The molecule has 0 atom stereocenters. The van der Waals surface area contributed by atoms with Crippen LogP contribution in [0.25, 0.3) is 0 Å². The summed E-state index contributed by atoms with van der Waals surface area (Å²) in [5.74, 6) is 0.672. The molecular formula is C12H20ClN3O2. The van der Waals surface area contributed by atoms with Gasteiger partial charge in [0.2, 0.25) is 0 Å². The Hall–Kier alpha value is -1.04. The third-order valence-electron chi connectivity index (χ3n) is 2.30. The number of ether oxygens (including phenoxy) is 2. The van der Waals surface area contributed by atoms with Gasteiger partial charge < -0.3 is 20.5 Å². The fourth-order valence-electron chi connectivity index (χ4n) is 1.36. The number of hydrogen-bond donors (Lipinski definition) is 2. The summed E-state index contributed by atoms with van der Waals surface area (Å²) in [5, 5.41) is 3.71. The molecule has 0 saturated heterocycles. The van der Waals surface area contributed by atoms with Crippen LogP contribution in [0, 0.1) is 0 Å². The molecule has 0 radical (unpaired) electrons. The average molecular weight is 274 g/mol. The molecule has 0 unspecified atom stereocenters. The maximum absolute atomic E-state index is 5.98. The second-order valence-electron chi connectivity index (χ2n) is 3.84. The van der Waals surface area contributed by atoms with Crippen LogP contribution in [-0.2, 0) is 9.47 Å². The topological polar surface area (TPSA) is 69.4 Å². The number of nitrogens with one attached hydrogen (secondary N) is 1. The molecule has 0 aliphatic heterocycles. The van der Waals surface area contributed by atoms with E-state index in [1.54, 1.807) is 19.4 Å². The molecule has 0 fully saturated rings. The fourth-order valence-corrected chi connectivity index (χ4v) is 1.60. The lowest BCUT2D eigenvalue weighted by atomic mass is 10.3. The lowest BCUT2D eigenvalue weighted by molar-refractivity contribution is 0.0691. The monoisotopic (exact) mass is 273 g/mol. The van der Waals surface area contributed by atoms with Crippen molar-refractivity contribution in [2.75, 3.05) is 44.5 Å². The van der Waals surface area contributed by atoms with Gasteiger partial charge in [0.05, 0.1) is 30.1 Å². The van der Waals surface area contributed by atoms with E-state index in [4.69, 9.17) is 26.8 Å². The van der Waals surface area contributed by atoms with Crippen molar-refractivity contribution >= 4 is 23.1 Å². The number of rotatable bonds is 9. The van der Waals surface area contributed by atoms with Crippen molar-refractivity contribution in [3.05, 3.63) is 17.3 Å². The summed E-state index contributed by atoms with van der Waals surface area (Å²) in [6.07, 6.45) is 3.57. The van der Waals surface area contributed by atoms with Gasteiger partial charge in [-0.25, -0.2) is 4.98 Å². The lowest BCUT2D eigenvalue weighted by Crippen LogP contribution is -2.07. The molecule has 1 aromatic heterocycles. The van der Waals surface area contributed by atoms with Crippen LogP contribution < -0.4 is 11.1 Å². The van der Waals surface area contributed by atoms with Gasteiger partial charge in [-0.1, -0.05) is 11.6 Å². The van der Waals surface area contributed by atoms with Crippen LogP contribution in [0.5, 0.6) is 0 Å². The number of halogens is 1. The first-order valence-corrected chi connectivity index (χ1v) is 6.33. The number of hydrogen-bond acceptors (Lipinski definition) is 5. The third kappa shape index (κ3) is 6.05. The SMILES string of the molecule is COCCOCCCCNc1ncc(N)cc1Cl. The van der Waals surface area contributed by atoms with E-state index in [0.29, 0.717) is 29.7 Å². The second-order valence-corrected chi connectivity index (χ2v) is 4.25. The van der Waals surface area contributed by atoms with Gasteiger partial charge in [-0.3, -0.25) is 0 Å². The maximum atomic E-state index is 5.98. The molecule has 0 bridgehead atoms. The number of nitrogens with zero attached hydrogens (tertiary/aromatic N) is 1. The van der Waals surface area contributed by atoms with Crippen molar-refractivity contribution in [1.29, 1.82) is 0 Å². The Morgan fingerprint density at radius 3 is 2.89 bits per heavy atom. The first-order valence-electron chi connectivity index (χ1n) is 5.95. The number of pyridine rings is 1. The van der Waals surface area contributed by atoms with E-state index in [0.717, 1.165) is 26.0 Å². The minimum atomic E-state index is 0.548.